The summed E-state index contributed by atoms with van der Waals surface area (Å²) < 4.78 is 0.898. The van der Waals surface area contributed by atoms with Gasteiger partial charge in [-0.15, -0.1) is 0 Å². The zero-order valence-electron chi connectivity index (χ0n) is 11.5. The maximum absolute atomic E-state index is 11.9. The standard InChI is InChI=1S/C16H15BrN2O2/c1-11(20)14-7-2-3-8-15(14)18-10-16(21)19-13-6-4-5-12(17)9-13/h2-9,18H,10H2,1H3,(H,19,21). The molecule has 2 N–H and O–H groups in total. The number of nitrogens with one attached hydrogen (secondary N) is 2. The van der Waals surface area contributed by atoms with Crippen molar-refractivity contribution in [1.82, 2.24) is 0 Å². The number of hydrogen-bond donors (Lipinski definition) is 2. The summed E-state index contributed by atoms with van der Waals surface area (Å²) in [5.74, 6) is -0.211. The van der Waals surface area contributed by atoms with Gasteiger partial charge in [0, 0.05) is 21.4 Å². The smallest absolute Gasteiger partial charge is 0.243 e. The molecule has 0 aliphatic rings. The molecule has 0 atom stereocenters. The molecule has 0 aromatic heterocycles. The fraction of sp³-hybridized carbons (Fsp3) is 0.125. The second-order valence-electron chi connectivity index (χ2n) is 4.51. The Balaban J connectivity index is 1.97. The number of benzene rings is 2. The van der Waals surface area contributed by atoms with Gasteiger partial charge < -0.3 is 10.6 Å². The second-order valence-corrected chi connectivity index (χ2v) is 5.43. The van der Waals surface area contributed by atoms with Gasteiger partial charge in [0.05, 0.1) is 6.54 Å². The van der Waals surface area contributed by atoms with E-state index in [-0.39, 0.29) is 18.2 Å². The number of rotatable bonds is 5. The van der Waals surface area contributed by atoms with Crippen LogP contribution in [0.4, 0.5) is 11.4 Å². The van der Waals surface area contributed by atoms with Crippen LogP contribution in [0.1, 0.15) is 17.3 Å². The predicted molar refractivity (Wildman–Crippen MR) is 87.7 cm³/mol. The van der Waals surface area contributed by atoms with Crippen molar-refractivity contribution in [2.45, 2.75) is 6.92 Å². The molecule has 5 heteroatoms. The molecule has 2 aromatic carbocycles. The minimum atomic E-state index is -0.175. The quantitative estimate of drug-likeness (QED) is 0.811. The molecule has 0 radical (unpaired) electrons. The molecule has 0 spiro atoms. The van der Waals surface area contributed by atoms with Crippen molar-refractivity contribution in [3.05, 3.63) is 58.6 Å². The van der Waals surface area contributed by atoms with E-state index in [1.807, 2.05) is 30.3 Å². The Morgan fingerprint density at radius 1 is 1.10 bits per heavy atom. The summed E-state index contributed by atoms with van der Waals surface area (Å²) in [7, 11) is 0. The lowest BCUT2D eigenvalue weighted by molar-refractivity contribution is -0.114. The molecule has 2 aromatic rings. The normalized spacial score (nSPS) is 10.0. The number of anilines is 2. The summed E-state index contributed by atoms with van der Waals surface area (Å²) in [5.41, 5.74) is 1.96. The van der Waals surface area contributed by atoms with E-state index in [4.69, 9.17) is 0 Å². The minimum absolute atomic E-state index is 0.0366. The summed E-state index contributed by atoms with van der Waals surface area (Å²) in [6.45, 7) is 1.60. The number of Topliss-reactive ketones (excluding diaryl/α,β-unsaturated/α-hetero) is 1. The van der Waals surface area contributed by atoms with Crippen LogP contribution in [0.3, 0.4) is 0 Å². The number of amides is 1. The van der Waals surface area contributed by atoms with Crippen molar-refractivity contribution < 1.29 is 9.59 Å². The molecular weight excluding hydrogens is 332 g/mol. The molecule has 1 amide bonds. The monoisotopic (exact) mass is 346 g/mol. The van der Waals surface area contributed by atoms with Gasteiger partial charge in [-0.2, -0.15) is 0 Å². The lowest BCUT2D eigenvalue weighted by Gasteiger charge is -2.10. The molecule has 4 nitrogen and oxygen atoms in total. The van der Waals surface area contributed by atoms with E-state index in [9.17, 15) is 9.59 Å². The zero-order valence-corrected chi connectivity index (χ0v) is 13.1. The highest BCUT2D eigenvalue weighted by molar-refractivity contribution is 9.10. The molecule has 0 heterocycles. The van der Waals surface area contributed by atoms with Gasteiger partial charge in [0.25, 0.3) is 0 Å². The van der Waals surface area contributed by atoms with Gasteiger partial charge in [-0.3, -0.25) is 9.59 Å². The molecule has 0 fully saturated rings. The lowest BCUT2D eigenvalue weighted by Crippen LogP contribution is -2.22. The maximum atomic E-state index is 11.9. The number of para-hydroxylation sites is 1. The van der Waals surface area contributed by atoms with Crippen LogP contribution in [0.2, 0.25) is 0 Å². The number of carbonyl (C=O) groups excluding carboxylic acids is 2. The van der Waals surface area contributed by atoms with E-state index in [2.05, 4.69) is 26.6 Å². The maximum Gasteiger partial charge on any atom is 0.243 e. The molecule has 2 rings (SSSR count). The van der Waals surface area contributed by atoms with Crippen LogP contribution < -0.4 is 10.6 Å². The van der Waals surface area contributed by atoms with Gasteiger partial charge in [0.1, 0.15) is 0 Å². The molecule has 0 aliphatic heterocycles. The number of hydrogen-bond acceptors (Lipinski definition) is 3. The Labute approximate surface area is 131 Å². The molecular formula is C16H15BrN2O2. The van der Waals surface area contributed by atoms with Crippen molar-refractivity contribution >= 4 is 39.0 Å². The average molecular weight is 347 g/mol. The van der Waals surface area contributed by atoms with E-state index in [0.29, 0.717) is 11.3 Å². The first-order valence-corrected chi connectivity index (χ1v) is 7.25. The third-order valence-electron chi connectivity index (χ3n) is 2.85. The van der Waals surface area contributed by atoms with E-state index in [1.54, 1.807) is 18.2 Å². The number of carbonyl (C=O) groups is 2. The van der Waals surface area contributed by atoms with Crippen LogP contribution >= 0.6 is 15.9 Å². The van der Waals surface area contributed by atoms with Crippen LogP contribution in [0, 0.1) is 0 Å². The van der Waals surface area contributed by atoms with E-state index in [0.717, 1.165) is 10.2 Å². The van der Waals surface area contributed by atoms with Gasteiger partial charge in [-0.25, -0.2) is 0 Å². The Bertz CT molecular complexity index is 671. The van der Waals surface area contributed by atoms with Gasteiger partial charge in [-0.1, -0.05) is 34.1 Å². The molecule has 108 valence electrons. The molecule has 0 aliphatic carbocycles. The Morgan fingerprint density at radius 2 is 1.86 bits per heavy atom. The first-order chi connectivity index (χ1) is 10.1. The highest BCUT2D eigenvalue weighted by Crippen LogP contribution is 2.17. The fourth-order valence-corrected chi connectivity index (χ4v) is 2.29. The first kappa shape index (κ1) is 15.3. The summed E-state index contributed by atoms with van der Waals surface area (Å²) in [6.07, 6.45) is 0. The highest BCUT2D eigenvalue weighted by Gasteiger charge is 2.08. The number of ketones is 1. The minimum Gasteiger partial charge on any atom is -0.376 e. The van der Waals surface area contributed by atoms with Crippen LogP contribution in [-0.2, 0) is 4.79 Å². The van der Waals surface area contributed by atoms with Crippen LogP contribution in [0.25, 0.3) is 0 Å². The number of halogens is 1. The summed E-state index contributed by atoms with van der Waals surface area (Å²) in [6, 6.07) is 14.5. The van der Waals surface area contributed by atoms with E-state index >= 15 is 0 Å². The fourth-order valence-electron chi connectivity index (χ4n) is 1.89. The van der Waals surface area contributed by atoms with Gasteiger partial charge >= 0.3 is 0 Å². The summed E-state index contributed by atoms with van der Waals surface area (Å²) >= 11 is 3.35. The van der Waals surface area contributed by atoms with Crippen molar-refractivity contribution in [1.29, 1.82) is 0 Å². The molecule has 0 saturated heterocycles. The van der Waals surface area contributed by atoms with Crippen LogP contribution in [0.5, 0.6) is 0 Å². The third kappa shape index (κ3) is 4.43. The zero-order chi connectivity index (χ0) is 15.2. The second kappa shape index (κ2) is 7.04. The van der Waals surface area contributed by atoms with Crippen molar-refractivity contribution in [2.75, 3.05) is 17.2 Å². The third-order valence-corrected chi connectivity index (χ3v) is 3.35. The van der Waals surface area contributed by atoms with Gasteiger partial charge in [0.15, 0.2) is 5.78 Å². The van der Waals surface area contributed by atoms with E-state index in [1.165, 1.54) is 6.92 Å². The van der Waals surface area contributed by atoms with Gasteiger partial charge in [0.2, 0.25) is 5.91 Å². The van der Waals surface area contributed by atoms with Crippen molar-refractivity contribution in [3.63, 3.8) is 0 Å². The highest BCUT2D eigenvalue weighted by atomic mass is 79.9. The Kier molecular flexibility index (Phi) is 5.11. The SMILES string of the molecule is CC(=O)c1ccccc1NCC(=O)Nc1cccc(Br)c1. The molecule has 21 heavy (non-hydrogen) atoms. The Morgan fingerprint density at radius 3 is 2.57 bits per heavy atom. The molecule has 0 bridgehead atoms. The Hall–Kier alpha value is -2.14. The summed E-state index contributed by atoms with van der Waals surface area (Å²) in [5, 5.41) is 5.77. The lowest BCUT2D eigenvalue weighted by atomic mass is 10.1. The summed E-state index contributed by atoms with van der Waals surface area (Å²) in [4.78, 5) is 23.4. The largest absolute Gasteiger partial charge is 0.376 e. The van der Waals surface area contributed by atoms with Gasteiger partial charge in [-0.05, 0) is 37.3 Å². The van der Waals surface area contributed by atoms with Crippen molar-refractivity contribution in [2.24, 2.45) is 0 Å². The predicted octanol–water partition coefficient (Wildman–Crippen LogP) is 3.70. The topological polar surface area (TPSA) is 58.2 Å². The van der Waals surface area contributed by atoms with Crippen LogP contribution in [0.15, 0.2) is 53.0 Å². The molecule has 0 unspecified atom stereocenters. The van der Waals surface area contributed by atoms with Crippen LogP contribution in [-0.4, -0.2) is 18.2 Å². The molecule has 0 saturated carbocycles. The first-order valence-electron chi connectivity index (χ1n) is 6.45. The van der Waals surface area contributed by atoms with E-state index < -0.39 is 0 Å². The van der Waals surface area contributed by atoms with Crippen molar-refractivity contribution in [3.8, 4) is 0 Å². The average Bonchev–Trinajstić information content (AvgIpc) is 2.45.